The van der Waals surface area contributed by atoms with Gasteiger partial charge < -0.3 is 25.6 Å². The Morgan fingerprint density at radius 2 is 1.70 bits per heavy atom. The van der Waals surface area contributed by atoms with Crippen molar-refractivity contribution in [3.63, 3.8) is 0 Å². The van der Waals surface area contributed by atoms with Crippen LogP contribution in [0.4, 0.5) is 0 Å². The molecule has 40 heavy (non-hydrogen) atoms. The molecule has 0 bridgehead atoms. The van der Waals surface area contributed by atoms with E-state index in [0.29, 0.717) is 17.9 Å². The summed E-state index contributed by atoms with van der Waals surface area (Å²) in [4.78, 5) is 43.3. The first-order chi connectivity index (χ1) is 17.1. The van der Waals surface area contributed by atoms with Gasteiger partial charge in [-0.25, -0.2) is 0 Å². The number of benzene rings is 1. The molecule has 3 saturated heterocycles. The Labute approximate surface area is 261 Å². The number of rotatable bonds is 7. The van der Waals surface area contributed by atoms with E-state index >= 15 is 0 Å². The van der Waals surface area contributed by atoms with Crippen molar-refractivity contribution in [2.45, 2.75) is 91.0 Å². The van der Waals surface area contributed by atoms with Crippen molar-refractivity contribution in [2.75, 3.05) is 32.8 Å². The second-order valence-electron chi connectivity index (χ2n) is 11.9. The number of ether oxygens (including phenoxy) is 1. The van der Waals surface area contributed by atoms with Crippen molar-refractivity contribution in [3.05, 3.63) is 35.4 Å². The van der Waals surface area contributed by atoms with Gasteiger partial charge in [0.15, 0.2) is 5.78 Å². The normalized spacial score (nSPS) is 23.6. The van der Waals surface area contributed by atoms with Gasteiger partial charge in [-0.1, -0.05) is 47.3 Å². The summed E-state index contributed by atoms with van der Waals surface area (Å²) in [6, 6.07) is 6.00. The summed E-state index contributed by atoms with van der Waals surface area (Å²) in [5.74, 6) is -0.159. The Morgan fingerprint density at radius 1 is 1.10 bits per heavy atom. The number of carbonyl (C=O) groups is 3. The molecule has 0 unspecified atom stereocenters. The van der Waals surface area contributed by atoms with E-state index in [2.05, 4.69) is 17.1 Å². The third-order valence-corrected chi connectivity index (χ3v) is 7.70. The molecule has 4 rings (SSSR count). The zero-order valence-corrected chi connectivity index (χ0v) is 26.7. The van der Waals surface area contributed by atoms with E-state index in [4.69, 9.17) is 10.5 Å². The predicted molar refractivity (Wildman–Crippen MR) is 177 cm³/mol. The zero-order chi connectivity index (χ0) is 26.0. The van der Waals surface area contributed by atoms with Gasteiger partial charge in [0, 0.05) is 12.1 Å². The van der Waals surface area contributed by atoms with Gasteiger partial charge in [0.2, 0.25) is 5.91 Å². The summed E-state index contributed by atoms with van der Waals surface area (Å²) in [6.45, 7) is 11.9. The Morgan fingerprint density at radius 3 is 2.25 bits per heavy atom. The number of piperidine rings is 1. The number of ketones is 1. The standard InChI is InChI=1S/C28H42N4O4.CH4.3H2S/c1-5-12-31-13-10-19(11-14-31)18-6-8-20(9-7-18)26(34)30-22(15-28(2,3)4)27(35)32-16-21(29)25-24(32)23(33)17-36-25;;;;/h6-9,19,21-22,24-25H,5,10-17,29H2,1-4H3,(H,30,34);1H4;3*1H2/t21-,22-,24+,25+;;;;/m0..../s1. The molecule has 3 aliphatic rings. The van der Waals surface area contributed by atoms with Crippen molar-refractivity contribution in [2.24, 2.45) is 11.1 Å². The van der Waals surface area contributed by atoms with Crippen molar-refractivity contribution < 1.29 is 19.1 Å². The Balaban J connectivity index is 0.00000380. The van der Waals surface area contributed by atoms with Gasteiger partial charge in [-0.05, 0) is 74.3 Å². The molecule has 1 aromatic carbocycles. The maximum absolute atomic E-state index is 13.6. The van der Waals surface area contributed by atoms with Gasteiger partial charge in [0.1, 0.15) is 24.8 Å². The summed E-state index contributed by atoms with van der Waals surface area (Å²) in [7, 11) is 0. The minimum absolute atomic E-state index is 0. The molecule has 3 aliphatic heterocycles. The Hall–Kier alpha value is -1.24. The molecule has 3 heterocycles. The minimum Gasteiger partial charge on any atom is -0.366 e. The van der Waals surface area contributed by atoms with E-state index in [-0.39, 0.29) is 84.1 Å². The van der Waals surface area contributed by atoms with Crippen LogP contribution in [0.1, 0.15) is 82.6 Å². The molecule has 3 N–H and O–H groups in total. The first kappa shape index (κ1) is 38.8. The topological polar surface area (TPSA) is 105 Å². The molecule has 3 fully saturated rings. The van der Waals surface area contributed by atoms with Crippen LogP contribution in [-0.4, -0.2) is 84.4 Å². The molecular formula is C29H52N4O4S3. The molecular weight excluding hydrogens is 565 g/mol. The zero-order valence-electron chi connectivity index (χ0n) is 23.7. The number of fused-ring (bicyclic) bond motifs is 1. The van der Waals surface area contributed by atoms with Crippen LogP contribution >= 0.6 is 40.5 Å². The van der Waals surface area contributed by atoms with E-state index in [1.54, 1.807) is 0 Å². The predicted octanol–water partition coefficient (Wildman–Crippen LogP) is 3.29. The van der Waals surface area contributed by atoms with Crippen LogP contribution in [-0.2, 0) is 14.3 Å². The largest absolute Gasteiger partial charge is 0.366 e. The number of nitrogens with two attached hydrogens (primary N) is 1. The molecule has 0 aromatic heterocycles. The fourth-order valence-electron chi connectivity index (χ4n) is 5.89. The number of nitrogens with zero attached hydrogens (tertiary/aromatic N) is 2. The number of hydrogen-bond donors (Lipinski definition) is 2. The summed E-state index contributed by atoms with van der Waals surface area (Å²) >= 11 is 0. The van der Waals surface area contributed by atoms with Gasteiger partial charge in [-0.3, -0.25) is 14.4 Å². The number of carbonyl (C=O) groups excluding carboxylic acids is 3. The first-order valence-corrected chi connectivity index (χ1v) is 13.4. The maximum Gasteiger partial charge on any atom is 0.251 e. The molecule has 230 valence electrons. The third-order valence-electron chi connectivity index (χ3n) is 7.70. The lowest BCUT2D eigenvalue weighted by Gasteiger charge is -2.32. The molecule has 0 radical (unpaired) electrons. The van der Waals surface area contributed by atoms with Crippen LogP contribution in [0.5, 0.6) is 0 Å². The average molecular weight is 617 g/mol. The summed E-state index contributed by atoms with van der Waals surface area (Å²) in [6.07, 6.45) is 3.44. The lowest BCUT2D eigenvalue weighted by Crippen LogP contribution is -2.53. The fourth-order valence-corrected chi connectivity index (χ4v) is 5.89. The molecule has 1 aromatic rings. The smallest absolute Gasteiger partial charge is 0.251 e. The van der Waals surface area contributed by atoms with E-state index in [9.17, 15) is 14.4 Å². The molecule has 2 amide bonds. The molecule has 0 aliphatic carbocycles. The highest BCUT2D eigenvalue weighted by Gasteiger charge is 2.52. The van der Waals surface area contributed by atoms with Crippen LogP contribution in [0.15, 0.2) is 24.3 Å². The second kappa shape index (κ2) is 16.4. The molecule has 8 nitrogen and oxygen atoms in total. The van der Waals surface area contributed by atoms with Crippen LogP contribution in [0.25, 0.3) is 0 Å². The number of amides is 2. The highest BCUT2D eigenvalue weighted by Crippen LogP contribution is 2.30. The third kappa shape index (κ3) is 9.13. The number of likely N-dealkylation sites (tertiary alicyclic amines) is 2. The highest BCUT2D eigenvalue weighted by atomic mass is 32.1. The van der Waals surface area contributed by atoms with E-state index in [1.807, 2.05) is 45.0 Å². The van der Waals surface area contributed by atoms with Crippen molar-refractivity contribution in [1.29, 1.82) is 0 Å². The lowest BCUT2D eigenvalue weighted by atomic mass is 9.87. The van der Waals surface area contributed by atoms with Gasteiger partial charge in [0.25, 0.3) is 5.91 Å². The average Bonchev–Trinajstić information content (AvgIpc) is 3.38. The van der Waals surface area contributed by atoms with Gasteiger partial charge in [-0.2, -0.15) is 40.5 Å². The molecule has 4 atom stereocenters. The maximum atomic E-state index is 13.6. The molecule has 0 saturated carbocycles. The van der Waals surface area contributed by atoms with Crippen LogP contribution in [0.3, 0.4) is 0 Å². The number of nitrogens with one attached hydrogen (secondary N) is 1. The Bertz CT molecular complexity index is 965. The van der Waals surface area contributed by atoms with Crippen molar-refractivity contribution in [3.8, 4) is 0 Å². The SMILES string of the molecule is C.CCCN1CCC(c2ccc(C(=O)N[C@@H](CC(C)(C)C)C(=O)N3C[C@H](N)[C@H]4OCC(=O)[C@H]43)cc2)CC1.S.S.S. The van der Waals surface area contributed by atoms with E-state index < -0.39 is 24.2 Å². The first-order valence-electron chi connectivity index (χ1n) is 13.4. The van der Waals surface area contributed by atoms with Gasteiger partial charge in [0.05, 0.1) is 6.04 Å². The lowest BCUT2D eigenvalue weighted by molar-refractivity contribution is -0.138. The monoisotopic (exact) mass is 616 g/mol. The van der Waals surface area contributed by atoms with Gasteiger partial charge >= 0.3 is 0 Å². The van der Waals surface area contributed by atoms with Crippen LogP contribution < -0.4 is 11.1 Å². The van der Waals surface area contributed by atoms with Gasteiger partial charge in [-0.15, -0.1) is 0 Å². The summed E-state index contributed by atoms with van der Waals surface area (Å²) < 4.78 is 5.53. The van der Waals surface area contributed by atoms with E-state index in [1.165, 1.54) is 16.9 Å². The van der Waals surface area contributed by atoms with E-state index in [0.717, 1.165) is 32.5 Å². The Kier molecular flexibility index (Phi) is 15.9. The number of hydrogen-bond acceptors (Lipinski definition) is 6. The van der Waals surface area contributed by atoms with Crippen LogP contribution in [0.2, 0.25) is 0 Å². The highest BCUT2D eigenvalue weighted by molar-refractivity contribution is 7.59. The number of Topliss-reactive ketones (excluding diaryl/α,β-unsaturated/α-hetero) is 1. The fraction of sp³-hybridized carbons (Fsp3) is 0.690. The van der Waals surface area contributed by atoms with Crippen LogP contribution in [0, 0.1) is 5.41 Å². The quantitative estimate of drug-likeness (QED) is 0.487. The summed E-state index contributed by atoms with van der Waals surface area (Å²) in [5.41, 5.74) is 7.76. The minimum atomic E-state index is -0.751. The van der Waals surface area contributed by atoms with Crippen molar-refractivity contribution >= 4 is 58.1 Å². The summed E-state index contributed by atoms with van der Waals surface area (Å²) in [5, 5.41) is 2.97. The molecule has 0 spiro atoms. The second-order valence-corrected chi connectivity index (χ2v) is 11.9. The van der Waals surface area contributed by atoms with Crippen molar-refractivity contribution in [1.82, 2.24) is 15.1 Å². The molecule has 11 heteroatoms.